The molecule has 0 aliphatic carbocycles. The van der Waals surface area contributed by atoms with E-state index in [0.29, 0.717) is 5.92 Å². The summed E-state index contributed by atoms with van der Waals surface area (Å²) in [6.07, 6.45) is 0.865. The van der Waals surface area contributed by atoms with Gasteiger partial charge in [-0.05, 0) is 42.9 Å². The van der Waals surface area contributed by atoms with E-state index in [9.17, 15) is 0 Å². The first-order valence-corrected chi connectivity index (χ1v) is 5.01. The van der Waals surface area contributed by atoms with Crippen molar-refractivity contribution in [3.63, 3.8) is 0 Å². The number of hydrogen-bond acceptors (Lipinski definition) is 1. The first kappa shape index (κ1) is 10.8. The van der Waals surface area contributed by atoms with Crippen molar-refractivity contribution in [2.75, 3.05) is 0 Å². The van der Waals surface area contributed by atoms with Gasteiger partial charge in [0.05, 0.1) is 0 Å². The molecule has 0 amide bonds. The van der Waals surface area contributed by atoms with Crippen LogP contribution in [-0.4, -0.2) is 0 Å². The van der Waals surface area contributed by atoms with Gasteiger partial charge in [0.1, 0.15) is 0 Å². The lowest BCUT2D eigenvalue weighted by Gasteiger charge is -2.15. The van der Waals surface area contributed by atoms with Gasteiger partial charge in [0, 0.05) is 5.70 Å². The fraction of sp³-hybridized carbons (Fsp3) is 0.385. The van der Waals surface area contributed by atoms with Gasteiger partial charge in [0.2, 0.25) is 0 Å². The maximum absolute atomic E-state index is 5.62. The summed E-state index contributed by atoms with van der Waals surface area (Å²) < 4.78 is 0. The second-order valence-electron chi connectivity index (χ2n) is 4.05. The highest BCUT2D eigenvalue weighted by Gasteiger charge is 2.09. The molecular weight excluding hydrogens is 170 g/mol. The normalized spacial score (nSPS) is 12.5. The van der Waals surface area contributed by atoms with E-state index < -0.39 is 0 Å². The predicted molar refractivity (Wildman–Crippen MR) is 62.3 cm³/mol. The predicted octanol–water partition coefficient (Wildman–Crippen LogP) is 3.27. The van der Waals surface area contributed by atoms with Crippen LogP contribution >= 0.6 is 0 Å². The lowest BCUT2D eigenvalue weighted by atomic mass is 9.91. The molecule has 1 rings (SSSR count). The average Bonchev–Trinajstić information content (AvgIpc) is 2.08. The van der Waals surface area contributed by atoms with Crippen molar-refractivity contribution < 1.29 is 0 Å². The monoisotopic (exact) mass is 189 g/mol. The number of rotatable bonds is 3. The zero-order chi connectivity index (χ0) is 10.7. The number of aryl methyl sites for hydroxylation is 1. The summed E-state index contributed by atoms with van der Waals surface area (Å²) in [7, 11) is 0. The standard InChI is InChI=1S/C13H19N/c1-9-6-5-7-13(12(9)4)10(2)8-11(3)14/h5-7,10H,3,8,14H2,1-2,4H3. The fourth-order valence-corrected chi connectivity index (χ4v) is 1.81. The zero-order valence-electron chi connectivity index (χ0n) is 9.30. The molecule has 76 valence electrons. The highest BCUT2D eigenvalue weighted by molar-refractivity contribution is 5.35. The van der Waals surface area contributed by atoms with E-state index in [0.717, 1.165) is 12.1 Å². The van der Waals surface area contributed by atoms with Crippen LogP contribution in [0, 0.1) is 13.8 Å². The van der Waals surface area contributed by atoms with Gasteiger partial charge in [-0.1, -0.05) is 31.7 Å². The largest absolute Gasteiger partial charge is 0.402 e. The van der Waals surface area contributed by atoms with Gasteiger partial charge < -0.3 is 5.73 Å². The highest BCUT2D eigenvalue weighted by atomic mass is 14.6. The quantitative estimate of drug-likeness (QED) is 0.776. The fourth-order valence-electron chi connectivity index (χ4n) is 1.81. The van der Waals surface area contributed by atoms with Crippen molar-refractivity contribution >= 4 is 0 Å². The van der Waals surface area contributed by atoms with Crippen molar-refractivity contribution in [2.24, 2.45) is 5.73 Å². The van der Waals surface area contributed by atoms with Crippen molar-refractivity contribution in [3.8, 4) is 0 Å². The first-order valence-electron chi connectivity index (χ1n) is 5.01. The Balaban J connectivity index is 2.95. The first-order chi connectivity index (χ1) is 6.52. The van der Waals surface area contributed by atoms with Crippen molar-refractivity contribution in [2.45, 2.75) is 33.1 Å². The zero-order valence-corrected chi connectivity index (χ0v) is 9.30. The van der Waals surface area contributed by atoms with E-state index in [1.54, 1.807) is 0 Å². The maximum atomic E-state index is 5.62. The van der Waals surface area contributed by atoms with Crippen LogP contribution in [0.1, 0.15) is 36.0 Å². The van der Waals surface area contributed by atoms with E-state index in [1.165, 1.54) is 16.7 Å². The lowest BCUT2D eigenvalue weighted by molar-refractivity contribution is 0.740. The topological polar surface area (TPSA) is 26.0 Å². The van der Waals surface area contributed by atoms with Gasteiger partial charge in [-0.3, -0.25) is 0 Å². The highest BCUT2D eigenvalue weighted by Crippen LogP contribution is 2.25. The summed E-state index contributed by atoms with van der Waals surface area (Å²) in [6.45, 7) is 10.3. The Morgan fingerprint density at radius 3 is 2.64 bits per heavy atom. The third kappa shape index (κ3) is 2.38. The minimum Gasteiger partial charge on any atom is -0.402 e. The Hall–Kier alpha value is -1.24. The number of nitrogens with two attached hydrogens (primary N) is 1. The Labute approximate surface area is 86.6 Å². The molecule has 14 heavy (non-hydrogen) atoms. The van der Waals surface area contributed by atoms with Gasteiger partial charge in [-0.25, -0.2) is 0 Å². The molecule has 0 aliphatic rings. The third-order valence-electron chi connectivity index (χ3n) is 2.75. The van der Waals surface area contributed by atoms with E-state index in [2.05, 4.69) is 45.5 Å². The molecule has 1 heteroatoms. The van der Waals surface area contributed by atoms with Crippen molar-refractivity contribution in [1.29, 1.82) is 0 Å². The summed E-state index contributed by atoms with van der Waals surface area (Å²) in [6, 6.07) is 6.42. The molecule has 0 radical (unpaired) electrons. The Morgan fingerprint density at radius 2 is 2.07 bits per heavy atom. The molecule has 0 saturated heterocycles. The molecule has 1 unspecified atom stereocenters. The number of allylic oxidation sites excluding steroid dienone is 1. The van der Waals surface area contributed by atoms with E-state index >= 15 is 0 Å². The van der Waals surface area contributed by atoms with Crippen LogP contribution < -0.4 is 5.73 Å². The van der Waals surface area contributed by atoms with Gasteiger partial charge in [0.15, 0.2) is 0 Å². The minimum absolute atomic E-state index is 0.465. The minimum atomic E-state index is 0.465. The van der Waals surface area contributed by atoms with E-state index in [1.807, 2.05) is 0 Å². The van der Waals surface area contributed by atoms with E-state index in [-0.39, 0.29) is 0 Å². The molecule has 1 nitrogen and oxygen atoms in total. The van der Waals surface area contributed by atoms with Gasteiger partial charge in [0.25, 0.3) is 0 Å². The third-order valence-corrected chi connectivity index (χ3v) is 2.75. The van der Waals surface area contributed by atoms with Crippen molar-refractivity contribution in [1.82, 2.24) is 0 Å². The van der Waals surface area contributed by atoms with Gasteiger partial charge >= 0.3 is 0 Å². The molecule has 0 bridgehead atoms. The van der Waals surface area contributed by atoms with Gasteiger partial charge in [-0.2, -0.15) is 0 Å². The Morgan fingerprint density at radius 1 is 1.43 bits per heavy atom. The summed E-state index contributed by atoms with van der Waals surface area (Å²) in [5.74, 6) is 0.465. The van der Waals surface area contributed by atoms with Crippen LogP contribution in [0.2, 0.25) is 0 Å². The molecular formula is C13H19N. The molecule has 1 aromatic carbocycles. The summed E-state index contributed by atoms with van der Waals surface area (Å²) in [5.41, 5.74) is 10.5. The Kier molecular flexibility index (Phi) is 3.34. The van der Waals surface area contributed by atoms with Crippen LogP contribution in [0.25, 0.3) is 0 Å². The molecule has 0 fully saturated rings. The number of benzene rings is 1. The summed E-state index contributed by atoms with van der Waals surface area (Å²) in [5, 5.41) is 0. The molecule has 1 atom stereocenters. The molecule has 1 aromatic rings. The molecule has 0 spiro atoms. The van der Waals surface area contributed by atoms with Crippen LogP contribution in [0.15, 0.2) is 30.5 Å². The molecule has 0 aliphatic heterocycles. The average molecular weight is 189 g/mol. The smallest absolute Gasteiger partial charge is 0.00135 e. The van der Waals surface area contributed by atoms with E-state index in [4.69, 9.17) is 5.73 Å². The number of hydrogen-bond donors (Lipinski definition) is 1. The summed E-state index contributed by atoms with van der Waals surface area (Å²) >= 11 is 0. The van der Waals surface area contributed by atoms with Crippen molar-refractivity contribution in [3.05, 3.63) is 47.2 Å². The molecule has 0 heterocycles. The van der Waals surface area contributed by atoms with Crippen LogP contribution in [0.4, 0.5) is 0 Å². The molecule has 2 N–H and O–H groups in total. The SMILES string of the molecule is C=C(N)CC(C)c1cccc(C)c1C. The Bertz CT molecular complexity index is 339. The second kappa shape index (κ2) is 4.32. The van der Waals surface area contributed by atoms with Crippen LogP contribution in [-0.2, 0) is 0 Å². The van der Waals surface area contributed by atoms with Crippen LogP contribution in [0.3, 0.4) is 0 Å². The summed E-state index contributed by atoms with van der Waals surface area (Å²) in [4.78, 5) is 0. The molecule has 0 saturated carbocycles. The van der Waals surface area contributed by atoms with Gasteiger partial charge in [-0.15, -0.1) is 0 Å². The van der Waals surface area contributed by atoms with Crippen LogP contribution in [0.5, 0.6) is 0 Å². The maximum Gasteiger partial charge on any atom is 0.00135 e. The molecule has 0 aromatic heterocycles. The second-order valence-corrected chi connectivity index (χ2v) is 4.05. The lowest BCUT2D eigenvalue weighted by Crippen LogP contribution is -2.03.